The Morgan fingerprint density at radius 3 is 2.64 bits per heavy atom. The van der Waals surface area contributed by atoms with Crippen LogP contribution in [0.25, 0.3) is 0 Å². The zero-order valence-corrected chi connectivity index (χ0v) is 19.6. The number of carbonyl (C=O) groups is 1. The Morgan fingerprint density at radius 1 is 1.32 bits per heavy atom. The number of guanidine groups is 1. The maximum Gasteiger partial charge on any atom is 0.241 e. The van der Waals surface area contributed by atoms with Crippen molar-refractivity contribution in [2.45, 2.75) is 19.9 Å². The molecular weight excluding hydrogens is 471 g/mol. The van der Waals surface area contributed by atoms with Crippen molar-refractivity contribution in [1.29, 1.82) is 0 Å². The first-order valence-corrected chi connectivity index (χ1v) is 9.47. The highest BCUT2D eigenvalue weighted by Crippen LogP contribution is 2.17. The van der Waals surface area contributed by atoms with E-state index in [-0.39, 0.29) is 36.4 Å². The first-order valence-electron chi connectivity index (χ1n) is 9.47. The molecule has 0 aromatic heterocycles. The fourth-order valence-corrected chi connectivity index (χ4v) is 2.92. The van der Waals surface area contributed by atoms with Crippen molar-refractivity contribution < 1.29 is 14.3 Å². The summed E-state index contributed by atoms with van der Waals surface area (Å²) < 4.78 is 10.8. The summed E-state index contributed by atoms with van der Waals surface area (Å²) in [5, 5.41) is 3.23. The molecule has 1 aliphatic heterocycles. The van der Waals surface area contributed by atoms with E-state index >= 15 is 0 Å². The molecule has 1 amide bonds. The predicted molar refractivity (Wildman–Crippen MR) is 122 cm³/mol. The average molecular weight is 504 g/mol. The van der Waals surface area contributed by atoms with E-state index in [0.717, 1.165) is 50.0 Å². The van der Waals surface area contributed by atoms with Gasteiger partial charge in [-0.15, -0.1) is 24.0 Å². The quantitative estimate of drug-likeness (QED) is 0.334. The van der Waals surface area contributed by atoms with Gasteiger partial charge in [0.25, 0.3) is 0 Å². The third-order valence-corrected chi connectivity index (χ3v) is 4.61. The number of ether oxygens (including phenoxy) is 2. The van der Waals surface area contributed by atoms with Crippen molar-refractivity contribution in [3.05, 3.63) is 29.8 Å². The molecule has 1 atom stereocenters. The minimum absolute atomic E-state index is 0. The number of benzene rings is 1. The summed E-state index contributed by atoms with van der Waals surface area (Å²) in [6, 6.07) is 7.88. The van der Waals surface area contributed by atoms with E-state index in [1.54, 1.807) is 26.1 Å². The molecular formula is C20H33IN4O3. The fraction of sp³-hybridized carbons (Fsp3) is 0.600. The Morgan fingerprint density at radius 2 is 2.04 bits per heavy atom. The lowest BCUT2D eigenvalue weighted by molar-refractivity contribution is -0.127. The summed E-state index contributed by atoms with van der Waals surface area (Å²) in [6.07, 6.45) is 1.07. The van der Waals surface area contributed by atoms with Gasteiger partial charge in [0.2, 0.25) is 5.91 Å². The third-order valence-electron chi connectivity index (χ3n) is 4.61. The molecule has 1 aromatic rings. The topological polar surface area (TPSA) is 66.4 Å². The second-order valence-corrected chi connectivity index (χ2v) is 6.89. The van der Waals surface area contributed by atoms with Crippen LogP contribution < -0.4 is 10.1 Å². The first kappa shape index (κ1) is 24.5. The smallest absolute Gasteiger partial charge is 0.241 e. The number of methoxy groups -OCH3 is 1. The highest BCUT2D eigenvalue weighted by molar-refractivity contribution is 14.0. The molecule has 1 N–H and O–H groups in total. The molecule has 8 heteroatoms. The van der Waals surface area contributed by atoms with Crippen LogP contribution in [0.4, 0.5) is 0 Å². The largest absolute Gasteiger partial charge is 0.497 e. The van der Waals surface area contributed by atoms with E-state index in [1.165, 1.54) is 0 Å². The molecule has 1 unspecified atom stereocenters. The van der Waals surface area contributed by atoms with Crippen LogP contribution in [0.1, 0.15) is 18.9 Å². The lowest BCUT2D eigenvalue weighted by Crippen LogP contribution is -2.44. The summed E-state index contributed by atoms with van der Waals surface area (Å²) in [7, 11) is 5.17. The first-order chi connectivity index (χ1) is 13.0. The van der Waals surface area contributed by atoms with Crippen molar-refractivity contribution in [3.63, 3.8) is 0 Å². The van der Waals surface area contributed by atoms with Crippen LogP contribution in [0.2, 0.25) is 0 Å². The zero-order chi connectivity index (χ0) is 19.6. The predicted octanol–water partition coefficient (Wildman–Crippen LogP) is 2.21. The van der Waals surface area contributed by atoms with Crippen molar-refractivity contribution in [3.8, 4) is 5.75 Å². The van der Waals surface area contributed by atoms with Crippen LogP contribution in [0.15, 0.2) is 29.3 Å². The molecule has 7 nitrogen and oxygen atoms in total. The molecule has 2 rings (SSSR count). The van der Waals surface area contributed by atoms with Crippen LogP contribution in [-0.4, -0.2) is 75.7 Å². The number of carbonyl (C=O) groups excluding carboxylic acids is 1. The molecule has 28 heavy (non-hydrogen) atoms. The summed E-state index contributed by atoms with van der Waals surface area (Å²) >= 11 is 0. The summed E-state index contributed by atoms with van der Waals surface area (Å²) in [5.74, 6) is 2.13. The van der Waals surface area contributed by atoms with Gasteiger partial charge in [0, 0.05) is 39.7 Å². The van der Waals surface area contributed by atoms with Crippen molar-refractivity contribution in [1.82, 2.24) is 15.1 Å². The normalized spacial score (nSPS) is 16.5. The monoisotopic (exact) mass is 504 g/mol. The Bertz CT molecular complexity index is 622. The minimum Gasteiger partial charge on any atom is -0.497 e. The van der Waals surface area contributed by atoms with Crippen LogP contribution in [0.3, 0.4) is 0 Å². The van der Waals surface area contributed by atoms with Crippen LogP contribution in [0, 0.1) is 5.92 Å². The van der Waals surface area contributed by atoms with Gasteiger partial charge in [-0.25, -0.2) is 4.99 Å². The average Bonchev–Trinajstić information content (AvgIpc) is 3.15. The number of amides is 1. The number of hydrogen-bond acceptors (Lipinski definition) is 4. The lowest BCUT2D eigenvalue weighted by Gasteiger charge is -2.23. The molecule has 1 heterocycles. The van der Waals surface area contributed by atoms with E-state index in [0.29, 0.717) is 12.5 Å². The van der Waals surface area contributed by atoms with Crippen molar-refractivity contribution in [2.75, 3.05) is 54.1 Å². The Balaban J connectivity index is 0.00000392. The Kier molecular flexibility index (Phi) is 11.2. The van der Waals surface area contributed by atoms with E-state index < -0.39 is 0 Å². The molecule has 1 aliphatic rings. The van der Waals surface area contributed by atoms with Crippen LogP contribution >= 0.6 is 24.0 Å². The number of aliphatic imine (C=N–C) groups is 1. The van der Waals surface area contributed by atoms with Gasteiger partial charge in [-0.1, -0.05) is 12.1 Å². The molecule has 0 saturated carbocycles. The van der Waals surface area contributed by atoms with E-state index in [9.17, 15) is 4.79 Å². The second kappa shape index (κ2) is 12.8. The van der Waals surface area contributed by atoms with Gasteiger partial charge in [-0.05, 0) is 31.0 Å². The van der Waals surface area contributed by atoms with Gasteiger partial charge in [0.15, 0.2) is 5.96 Å². The molecule has 0 spiro atoms. The highest BCUT2D eigenvalue weighted by Gasteiger charge is 2.25. The maximum absolute atomic E-state index is 12.0. The second-order valence-electron chi connectivity index (χ2n) is 6.89. The number of likely N-dealkylation sites (N-methyl/N-ethyl adjacent to an activating group) is 1. The van der Waals surface area contributed by atoms with Crippen molar-refractivity contribution in [2.24, 2.45) is 10.9 Å². The number of hydrogen-bond donors (Lipinski definition) is 1. The van der Waals surface area contributed by atoms with E-state index in [2.05, 4.69) is 10.2 Å². The molecule has 0 radical (unpaired) electrons. The minimum atomic E-state index is 0. The third kappa shape index (κ3) is 7.83. The molecule has 1 fully saturated rings. The lowest BCUT2D eigenvalue weighted by atomic mass is 10.1. The van der Waals surface area contributed by atoms with Gasteiger partial charge < -0.3 is 24.6 Å². The van der Waals surface area contributed by atoms with E-state index in [4.69, 9.17) is 14.5 Å². The standard InChI is InChI=1S/C20H32N4O3.HI/c1-5-27-15-17-10-11-24(14-17)20(22-13-19(25)23(2)3)21-12-16-6-8-18(26-4)9-7-16;/h6-9,17H,5,10-15H2,1-4H3,(H,21,22);1H. The fourth-order valence-electron chi connectivity index (χ4n) is 2.92. The Hall–Kier alpha value is -1.55. The van der Waals surface area contributed by atoms with Crippen molar-refractivity contribution >= 4 is 35.8 Å². The Labute approximate surface area is 185 Å². The number of likely N-dealkylation sites (tertiary alicyclic amines) is 1. The number of nitrogens with zero attached hydrogens (tertiary/aromatic N) is 3. The highest BCUT2D eigenvalue weighted by atomic mass is 127. The molecule has 158 valence electrons. The molecule has 0 bridgehead atoms. The molecule has 0 aliphatic carbocycles. The molecule has 1 saturated heterocycles. The number of rotatable bonds is 8. The summed E-state index contributed by atoms with van der Waals surface area (Å²) in [6.45, 7) is 6.13. The van der Waals surface area contributed by atoms with Gasteiger partial charge in [-0.3, -0.25) is 4.79 Å². The number of nitrogens with one attached hydrogen (secondary N) is 1. The summed E-state index contributed by atoms with van der Waals surface area (Å²) in [4.78, 5) is 20.5. The van der Waals surface area contributed by atoms with Crippen LogP contribution in [0.5, 0.6) is 5.75 Å². The molecule has 1 aromatic carbocycles. The number of halogens is 1. The maximum atomic E-state index is 12.0. The van der Waals surface area contributed by atoms with E-state index in [1.807, 2.05) is 31.2 Å². The zero-order valence-electron chi connectivity index (χ0n) is 17.3. The van der Waals surface area contributed by atoms with Gasteiger partial charge in [-0.2, -0.15) is 0 Å². The van der Waals surface area contributed by atoms with Crippen LogP contribution in [-0.2, 0) is 16.1 Å². The summed E-state index contributed by atoms with van der Waals surface area (Å²) in [5.41, 5.74) is 1.10. The van der Waals surface area contributed by atoms with Gasteiger partial charge in [0.1, 0.15) is 5.75 Å². The van der Waals surface area contributed by atoms with Gasteiger partial charge >= 0.3 is 0 Å². The SMILES string of the molecule is CCOCC1CCN(C(=NCc2ccc(OC)cc2)NCC(=O)N(C)C)C1.I. The van der Waals surface area contributed by atoms with Gasteiger partial charge in [0.05, 0.1) is 26.8 Å².